The fraction of sp³-hybridized carbons (Fsp3) is 0.440. The lowest BCUT2D eigenvalue weighted by molar-refractivity contribution is 0.0117. The smallest absolute Gasteiger partial charge is 0.411 e. The molecule has 2 aliphatic rings. The highest BCUT2D eigenvalue weighted by atomic mass is 32.1. The molecule has 1 aliphatic heterocycles. The number of thiocarbonyl (C=S) groups is 1. The molecule has 0 spiro atoms. The van der Waals surface area contributed by atoms with Crippen LogP contribution in [0.2, 0.25) is 0 Å². The maximum Gasteiger partial charge on any atom is 0.411 e. The summed E-state index contributed by atoms with van der Waals surface area (Å²) < 4.78 is 11.7. The number of amides is 1. The van der Waals surface area contributed by atoms with Gasteiger partial charge in [0, 0.05) is 6.54 Å². The molecular weight excluding hydrogens is 408 g/mol. The third-order valence-corrected chi connectivity index (χ3v) is 6.10. The minimum Gasteiger partial charge on any atom is -0.481 e. The molecule has 2 unspecified atom stereocenters. The van der Waals surface area contributed by atoms with E-state index in [0.29, 0.717) is 11.5 Å². The van der Waals surface area contributed by atoms with Crippen LogP contribution in [0.3, 0.4) is 0 Å². The monoisotopic (exact) mass is 438 g/mol. The molecule has 1 amide bonds. The number of hydrogen-bond donors (Lipinski definition) is 1. The van der Waals surface area contributed by atoms with Crippen LogP contribution in [0.1, 0.15) is 63.3 Å². The lowest BCUT2D eigenvalue weighted by atomic mass is 9.86. The number of ether oxygens (including phenoxy) is 2. The van der Waals surface area contributed by atoms with Crippen LogP contribution in [0.5, 0.6) is 5.75 Å². The fourth-order valence-electron chi connectivity index (χ4n) is 4.23. The summed E-state index contributed by atoms with van der Waals surface area (Å²) in [6.07, 6.45) is 2.58. The first kappa shape index (κ1) is 21.6. The van der Waals surface area contributed by atoms with Crippen LogP contribution in [0.15, 0.2) is 42.5 Å². The van der Waals surface area contributed by atoms with Crippen molar-refractivity contribution in [3.05, 3.63) is 59.2 Å². The van der Waals surface area contributed by atoms with Gasteiger partial charge in [-0.3, -0.25) is 4.90 Å². The Morgan fingerprint density at radius 1 is 1.26 bits per heavy atom. The van der Waals surface area contributed by atoms with E-state index < -0.39 is 5.60 Å². The molecule has 2 atom stereocenters. The van der Waals surface area contributed by atoms with Crippen LogP contribution >= 0.6 is 12.2 Å². The highest BCUT2D eigenvalue weighted by Crippen LogP contribution is 2.37. The predicted octanol–water partition coefficient (Wildman–Crippen LogP) is 6.02. The van der Waals surface area contributed by atoms with Crippen molar-refractivity contribution in [2.75, 3.05) is 5.32 Å². The summed E-state index contributed by atoms with van der Waals surface area (Å²) in [5.41, 5.74) is 3.81. The summed E-state index contributed by atoms with van der Waals surface area (Å²) in [7, 11) is 0. The Balaban J connectivity index is 1.66. The molecule has 5 nitrogen and oxygen atoms in total. The molecule has 0 bridgehead atoms. The molecule has 6 heteroatoms. The number of hydrogen-bond acceptors (Lipinski definition) is 4. The minimum absolute atomic E-state index is 0.0128. The average molecular weight is 439 g/mol. The van der Waals surface area contributed by atoms with Gasteiger partial charge in [-0.2, -0.15) is 0 Å². The van der Waals surface area contributed by atoms with E-state index in [-0.39, 0.29) is 18.2 Å². The van der Waals surface area contributed by atoms with Crippen molar-refractivity contribution in [2.45, 2.75) is 71.2 Å². The zero-order valence-electron chi connectivity index (χ0n) is 18.6. The van der Waals surface area contributed by atoms with Crippen molar-refractivity contribution in [3.63, 3.8) is 0 Å². The second-order valence-electron chi connectivity index (χ2n) is 9.29. The molecule has 1 heterocycles. The van der Waals surface area contributed by atoms with Crippen LogP contribution in [0, 0.1) is 0 Å². The highest BCUT2D eigenvalue weighted by molar-refractivity contribution is 7.80. The first-order valence-electron chi connectivity index (χ1n) is 10.9. The number of carbonyl (C=O) groups excluding carboxylic acids is 1. The van der Waals surface area contributed by atoms with E-state index in [1.165, 1.54) is 11.1 Å². The molecule has 0 aromatic heterocycles. The highest BCUT2D eigenvalue weighted by Gasteiger charge is 2.32. The molecule has 2 aromatic carbocycles. The Kier molecular flexibility index (Phi) is 5.93. The van der Waals surface area contributed by atoms with Gasteiger partial charge in [0.1, 0.15) is 22.4 Å². The Hall–Kier alpha value is -2.60. The van der Waals surface area contributed by atoms with Gasteiger partial charge >= 0.3 is 6.09 Å². The van der Waals surface area contributed by atoms with Gasteiger partial charge in [0.25, 0.3) is 0 Å². The summed E-state index contributed by atoms with van der Waals surface area (Å²) in [5.74, 6) is 0.775. The molecule has 0 radical (unpaired) electrons. The van der Waals surface area contributed by atoms with Gasteiger partial charge in [0.15, 0.2) is 0 Å². The molecule has 0 fully saturated rings. The summed E-state index contributed by atoms with van der Waals surface area (Å²) in [5, 5.41) is 3.26. The Bertz CT molecular complexity index is 999. The molecule has 1 N–H and O–H groups in total. The quantitative estimate of drug-likeness (QED) is 0.594. The summed E-state index contributed by atoms with van der Waals surface area (Å²) in [6, 6.07) is 14.4. The molecule has 1 aliphatic carbocycles. The van der Waals surface area contributed by atoms with Crippen LogP contribution in [-0.4, -0.2) is 27.7 Å². The van der Waals surface area contributed by atoms with Crippen LogP contribution in [0.4, 0.5) is 10.5 Å². The van der Waals surface area contributed by atoms with Crippen LogP contribution in [0.25, 0.3) is 0 Å². The minimum atomic E-state index is -0.558. The zero-order valence-corrected chi connectivity index (χ0v) is 19.4. The average Bonchev–Trinajstić information content (AvgIpc) is 2.71. The Morgan fingerprint density at radius 3 is 2.81 bits per heavy atom. The van der Waals surface area contributed by atoms with Crippen molar-refractivity contribution in [1.82, 2.24) is 4.90 Å². The van der Waals surface area contributed by atoms with E-state index in [1.54, 1.807) is 0 Å². The lowest BCUT2D eigenvalue weighted by Gasteiger charge is -2.37. The summed E-state index contributed by atoms with van der Waals surface area (Å²) in [6.45, 7) is 8.09. The van der Waals surface area contributed by atoms with Crippen molar-refractivity contribution in [1.29, 1.82) is 0 Å². The van der Waals surface area contributed by atoms with Crippen LogP contribution < -0.4 is 10.1 Å². The predicted molar refractivity (Wildman–Crippen MR) is 127 cm³/mol. The number of aryl methyl sites for hydroxylation is 1. The van der Waals surface area contributed by atoms with Gasteiger partial charge in [0.05, 0.1) is 11.7 Å². The second kappa shape index (κ2) is 8.50. The van der Waals surface area contributed by atoms with Crippen molar-refractivity contribution in [2.24, 2.45) is 0 Å². The standard InChI is InChI=1S/C25H30N2O3S/c1-16-23(31)26-20-14-17(12-13-22(20)29-16)15-27(24(28)30-25(2,3)4)21-11-7-9-18-8-5-6-10-19(18)21/h5-6,8,10,12-14,16,21H,7,9,11,15H2,1-4H3,(H,26,31). The summed E-state index contributed by atoms with van der Waals surface area (Å²) >= 11 is 5.36. The zero-order chi connectivity index (χ0) is 22.2. The first-order chi connectivity index (χ1) is 14.7. The number of anilines is 1. The van der Waals surface area contributed by atoms with Crippen LogP contribution in [-0.2, 0) is 17.7 Å². The van der Waals surface area contributed by atoms with E-state index in [9.17, 15) is 4.79 Å². The Labute approximate surface area is 189 Å². The van der Waals surface area contributed by atoms with Gasteiger partial charge in [-0.05, 0) is 75.8 Å². The van der Waals surface area contributed by atoms with Crippen molar-refractivity contribution in [3.8, 4) is 5.75 Å². The second-order valence-corrected chi connectivity index (χ2v) is 9.73. The van der Waals surface area contributed by atoms with Gasteiger partial charge in [0.2, 0.25) is 0 Å². The number of rotatable bonds is 3. The number of benzene rings is 2. The molecule has 2 aromatic rings. The Morgan fingerprint density at radius 2 is 2.03 bits per heavy atom. The SMILES string of the molecule is CC1Oc2ccc(CN(C(=O)OC(C)(C)C)C3CCCc4ccccc43)cc2NC1=S. The molecule has 31 heavy (non-hydrogen) atoms. The van der Waals surface area contributed by atoms with E-state index >= 15 is 0 Å². The van der Waals surface area contributed by atoms with Crippen molar-refractivity contribution >= 4 is 29.0 Å². The van der Waals surface area contributed by atoms with E-state index in [1.807, 2.05) is 56.9 Å². The normalized spacial score (nSPS) is 20.1. The topological polar surface area (TPSA) is 50.8 Å². The largest absolute Gasteiger partial charge is 0.481 e. The maximum atomic E-state index is 13.3. The van der Waals surface area contributed by atoms with Gasteiger partial charge < -0.3 is 14.8 Å². The van der Waals surface area contributed by atoms with E-state index in [2.05, 4.69) is 23.5 Å². The molecular formula is C25H30N2O3S. The molecule has 164 valence electrons. The number of nitrogens with zero attached hydrogens (tertiary/aromatic N) is 1. The first-order valence-corrected chi connectivity index (χ1v) is 11.3. The fourth-order valence-corrected chi connectivity index (χ4v) is 4.38. The van der Waals surface area contributed by atoms with Gasteiger partial charge in [-0.1, -0.05) is 42.5 Å². The molecule has 0 saturated carbocycles. The number of carbonyl (C=O) groups is 1. The molecule has 0 saturated heterocycles. The number of fused-ring (bicyclic) bond motifs is 2. The van der Waals surface area contributed by atoms with E-state index in [4.69, 9.17) is 21.7 Å². The van der Waals surface area contributed by atoms with Crippen molar-refractivity contribution < 1.29 is 14.3 Å². The van der Waals surface area contributed by atoms with Gasteiger partial charge in [-0.25, -0.2) is 4.79 Å². The lowest BCUT2D eigenvalue weighted by Crippen LogP contribution is -2.40. The third kappa shape index (κ3) is 4.85. The summed E-state index contributed by atoms with van der Waals surface area (Å²) in [4.78, 5) is 15.8. The van der Waals surface area contributed by atoms with Gasteiger partial charge in [-0.15, -0.1) is 0 Å². The maximum absolute atomic E-state index is 13.3. The number of nitrogens with one attached hydrogen (secondary N) is 1. The molecule has 4 rings (SSSR count). The third-order valence-electron chi connectivity index (χ3n) is 5.67. The van der Waals surface area contributed by atoms with E-state index in [0.717, 1.165) is 36.3 Å².